The largest absolute Gasteiger partial charge is 0.348 e. The van der Waals surface area contributed by atoms with Gasteiger partial charge in [-0.1, -0.05) is 29.8 Å². The smallest absolute Gasteiger partial charge is 0.261 e. The molecule has 3 rings (SSSR count). The Morgan fingerprint density at radius 2 is 2.04 bits per heavy atom. The summed E-state index contributed by atoms with van der Waals surface area (Å²) in [7, 11) is 3.83. The molecule has 2 heterocycles. The summed E-state index contributed by atoms with van der Waals surface area (Å²) in [4.78, 5) is 29.5. The van der Waals surface area contributed by atoms with Crippen LogP contribution in [-0.2, 0) is 26.7 Å². The van der Waals surface area contributed by atoms with Crippen LogP contribution in [-0.4, -0.2) is 32.6 Å². The Balaban J connectivity index is 1.60. The van der Waals surface area contributed by atoms with Gasteiger partial charge in [-0.25, -0.2) is 0 Å². The van der Waals surface area contributed by atoms with Crippen LogP contribution in [0.5, 0.6) is 0 Å². The maximum Gasteiger partial charge on any atom is 0.261 e. The van der Waals surface area contributed by atoms with E-state index in [2.05, 4.69) is 20.3 Å². The summed E-state index contributed by atoms with van der Waals surface area (Å²) in [6, 6.07) is 10.6. The van der Waals surface area contributed by atoms with Crippen LogP contribution in [0.1, 0.15) is 27.2 Å². The zero-order valence-corrected chi connectivity index (χ0v) is 16.5. The van der Waals surface area contributed by atoms with Crippen LogP contribution < -0.4 is 10.9 Å². The Morgan fingerprint density at radius 3 is 2.71 bits per heavy atom. The highest BCUT2D eigenvalue weighted by molar-refractivity contribution is 6.31. The van der Waals surface area contributed by atoms with E-state index in [4.69, 9.17) is 11.6 Å². The van der Waals surface area contributed by atoms with Crippen molar-refractivity contribution >= 4 is 17.5 Å². The lowest BCUT2D eigenvalue weighted by atomic mass is 10.2. The van der Waals surface area contributed by atoms with E-state index in [1.54, 1.807) is 22.9 Å². The standard InChI is InChI=1S/C20H22ClN5O2/c1-25(11-14-9-23-26(2)12-14)13-16-7-8-17(20(28)24-16)19(27)22-10-15-5-3-4-6-18(15)21/h3-9,12H,10-11,13H2,1-2H3,(H,22,27)(H,24,28). The van der Waals surface area contributed by atoms with Crippen LogP contribution in [0, 0.1) is 0 Å². The summed E-state index contributed by atoms with van der Waals surface area (Å²) >= 11 is 6.08. The van der Waals surface area contributed by atoms with Gasteiger partial charge in [-0.15, -0.1) is 0 Å². The molecule has 0 spiro atoms. The number of amides is 1. The highest BCUT2D eigenvalue weighted by Crippen LogP contribution is 2.14. The quantitative estimate of drug-likeness (QED) is 0.638. The maximum absolute atomic E-state index is 12.3. The van der Waals surface area contributed by atoms with Gasteiger partial charge in [-0.3, -0.25) is 19.2 Å². The van der Waals surface area contributed by atoms with Crippen molar-refractivity contribution in [3.8, 4) is 0 Å². The average Bonchev–Trinajstić information content (AvgIpc) is 3.05. The Bertz CT molecular complexity index is 1030. The summed E-state index contributed by atoms with van der Waals surface area (Å²) in [6.07, 6.45) is 3.76. The minimum Gasteiger partial charge on any atom is -0.348 e. The summed E-state index contributed by atoms with van der Waals surface area (Å²) in [6.45, 7) is 1.51. The lowest BCUT2D eigenvalue weighted by Gasteiger charge is -2.15. The van der Waals surface area contributed by atoms with Gasteiger partial charge in [-0.05, 0) is 30.8 Å². The molecular weight excluding hydrogens is 378 g/mol. The molecule has 0 bridgehead atoms. The average molecular weight is 400 g/mol. The van der Waals surface area contributed by atoms with Gasteiger partial charge < -0.3 is 10.3 Å². The van der Waals surface area contributed by atoms with Crippen molar-refractivity contribution in [2.45, 2.75) is 19.6 Å². The van der Waals surface area contributed by atoms with E-state index in [0.717, 1.165) is 16.8 Å². The van der Waals surface area contributed by atoms with Crippen molar-refractivity contribution in [3.63, 3.8) is 0 Å². The van der Waals surface area contributed by atoms with Crippen LogP contribution in [0.2, 0.25) is 5.02 Å². The van der Waals surface area contributed by atoms with E-state index in [0.29, 0.717) is 18.1 Å². The van der Waals surface area contributed by atoms with Gasteiger partial charge in [0.15, 0.2) is 0 Å². The minimum atomic E-state index is -0.434. The molecule has 1 amide bonds. The number of hydrogen-bond donors (Lipinski definition) is 2. The van der Waals surface area contributed by atoms with Crippen LogP contribution in [0.25, 0.3) is 0 Å². The number of benzene rings is 1. The molecule has 0 unspecified atom stereocenters. The van der Waals surface area contributed by atoms with Crippen LogP contribution in [0.4, 0.5) is 0 Å². The maximum atomic E-state index is 12.3. The van der Waals surface area contributed by atoms with Crippen molar-refractivity contribution in [1.82, 2.24) is 25.0 Å². The van der Waals surface area contributed by atoms with Crippen molar-refractivity contribution in [1.29, 1.82) is 0 Å². The van der Waals surface area contributed by atoms with Gasteiger partial charge in [0, 0.05) is 49.2 Å². The summed E-state index contributed by atoms with van der Waals surface area (Å²) < 4.78 is 1.75. The van der Waals surface area contributed by atoms with E-state index in [9.17, 15) is 9.59 Å². The van der Waals surface area contributed by atoms with Crippen molar-refractivity contribution in [3.05, 3.63) is 86.6 Å². The van der Waals surface area contributed by atoms with Gasteiger partial charge in [0.25, 0.3) is 11.5 Å². The lowest BCUT2D eigenvalue weighted by Crippen LogP contribution is -2.30. The molecule has 0 saturated heterocycles. The zero-order chi connectivity index (χ0) is 20.1. The molecule has 0 saturated carbocycles. The van der Waals surface area contributed by atoms with Gasteiger partial charge >= 0.3 is 0 Å². The highest BCUT2D eigenvalue weighted by Gasteiger charge is 2.12. The molecule has 0 radical (unpaired) electrons. The molecule has 2 aromatic heterocycles. The number of aryl methyl sites for hydroxylation is 1. The van der Waals surface area contributed by atoms with Crippen molar-refractivity contribution in [2.75, 3.05) is 7.05 Å². The first kappa shape index (κ1) is 19.9. The second-order valence-corrected chi connectivity index (χ2v) is 7.10. The normalized spacial score (nSPS) is 11.0. The van der Waals surface area contributed by atoms with Crippen LogP contribution in [0.15, 0.2) is 53.6 Å². The van der Waals surface area contributed by atoms with E-state index in [1.807, 2.05) is 44.7 Å². The van der Waals surface area contributed by atoms with Gasteiger partial charge in [-0.2, -0.15) is 5.10 Å². The van der Waals surface area contributed by atoms with Gasteiger partial charge in [0.1, 0.15) is 5.56 Å². The van der Waals surface area contributed by atoms with Crippen molar-refractivity contribution < 1.29 is 4.79 Å². The third kappa shape index (κ3) is 5.09. The molecular formula is C20H22ClN5O2. The number of aromatic nitrogens is 3. The molecule has 0 fully saturated rings. The summed E-state index contributed by atoms with van der Waals surface area (Å²) in [5, 5.41) is 7.45. The summed E-state index contributed by atoms with van der Waals surface area (Å²) in [5.74, 6) is -0.434. The second kappa shape index (κ2) is 8.86. The number of pyridine rings is 1. The SMILES string of the molecule is CN(Cc1cnn(C)c1)Cc1ccc(C(=O)NCc2ccccc2Cl)c(=O)[nH]1. The molecule has 0 atom stereocenters. The number of H-pyrrole nitrogens is 1. The van der Waals surface area contributed by atoms with Gasteiger partial charge in [0.2, 0.25) is 0 Å². The molecule has 0 aliphatic heterocycles. The van der Waals surface area contributed by atoms with E-state index >= 15 is 0 Å². The number of nitrogens with one attached hydrogen (secondary N) is 2. The number of aromatic amines is 1. The number of halogens is 1. The fraction of sp³-hybridized carbons (Fsp3) is 0.250. The summed E-state index contributed by atoms with van der Waals surface area (Å²) in [5.41, 5.74) is 2.28. The van der Waals surface area contributed by atoms with E-state index in [1.165, 1.54) is 0 Å². The fourth-order valence-corrected chi connectivity index (χ4v) is 3.11. The van der Waals surface area contributed by atoms with Crippen molar-refractivity contribution in [2.24, 2.45) is 7.05 Å². The zero-order valence-electron chi connectivity index (χ0n) is 15.8. The predicted octanol–water partition coefficient (Wildman–Crippen LogP) is 2.32. The van der Waals surface area contributed by atoms with Crippen LogP contribution in [0.3, 0.4) is 0 Å². The molecule has 8 heteroatoms. The molecule has 2 N–H and O–H groups in total. The number of rotatable bonds is 7. The first-order valence-electron chi connectivity index (χ1n) is 8.82. The molecule has 1 aromatic carbocycles. The molecule has 7 nitrogen and oxygen atoms in total. The topological polar surface area (TPSA) is 83.0 Å². The Labute approximate surface area is 167 Å². The molecule has 146 valence electrons. The highest BCUT2D eigenvalue weighted by atomic mass is 35.5. The van der Waals surface area contributed by atoms with E-state index in [-0.39, 0.29) is 12.1 Å². The molecule has 3 aromatic rings. The third-order valence-electron chi connectivity index (χ3n) is 4.26. The van der Waals surface area contributed by atoms with Crippen LogP contribution >= 0.6 is 11.6 Å². The Kier molecular flexibility index (Phi) is 6.28. The molecule has 0 aliphatic rings. The monoisotopic (exact) mass is 399 g/mol. The first-order chi connectivity index (χ1) is 13.4. The Hall–Kier alpha value is -2.90. The van der Waals surface area contributed by atoms with Gasteiger partial charge in [0.05, 0.1) is 6.20 Å². The van der Waals surface area contributed by atoms with E-state index < -0.39 is 11.5 Å². The number of carbonyl (C=O) groups is 1. The third-order valence-corrected chi connectivity index (χ3v) is 4.63. The first-order valence-corrected chi connectivity index (χ1v) is 9.20. The number of carbonyl (C=O) groups excluding carboxylic acids is 1. The number of hydrogen-bond acceptors (Lipinski definition) is 4. The minimum absolute atomic E-state index is 0.0747. The Morgan fingerprint density at radius 1 is 1.25 bits per heavy atom. The second-order valence-electron chi connectivity index (χ2n) is 6.70. The molecule has 0 aliphatic carbocycles. The number of nitrogens with zero attached hydrogens (tertiary/aromatic N) is 3. The predicted molar refractivity (Wildman–Crippen MR) is 108 cm³/mol. The fourth-order valence-electron chi connectivity index (χ4n) is 2.91. The lowest BCUT2D eigenvalue weighted by molar-refractivity contribution is 0.0949. The molecule has 28 heavy (non-hydrogen) atoms.